The number of unbranched alkanes of at least 4 members (excludes halogenated alkanes) is 3. The van der Waals surface area contributed by atoms with Gasteiger partial charge < -0.3 is 45.4 Å². The number of imide groups is 1. The number of benzene rings is 2. The zero-order valence-electron chi connectivity index (χ0n) is 37.2. The average Bonchev–Trinajstić information content (AvgIpc) is 3.88. The molecule has 2 atom stereocenters. The third-order valence-corrected chi connectivity index (χ3v) is 13.0. The van der Waals surface area contributed by atoms with Gasteiger partial charge in [0.25, 0.3) is 11.8 Å². The molecule has 7 rings (SSSR count). The van der Waals surface area contributed by atoms with E-state index in [9.17, 15) is 28.8 Å². The number of piperidine rings is 1. The van der Waals surface area contributed by atoms with Crippen LogP contribution in [0.25, 0.3) is 0 Å². The second kappa shape index (κ2) is 22.4. The van der Waals surface area contributed by atoms with E-state index in [4.69, 9.17) is 26.1 Å². The minimum atomic E-state index is -0.712. The van der Waals surface area contributed by atoms with Crippen LogP contribution >= 0.6 is 22.9 Å². The van der Waals surface area contributed by atoms with Crippen LogP contribution in [0, 0.1) is 0 Å². The fraction of sp³-hybridized carbons (Fsp3) is 0.435. The van der Waals surface area contributed by atoms with Crippen LogP contribution in [0.3, 0.4) is 0 Å². The molecule has 3 aliphatic rings. The molecule has 3 aliphatic heterocycles. The molecule has 2 aromatic carbocycles. The third kappa shape index (κ3) is 11.4. The first kappa shape index (κ1) is 47.8. The normalized spacial score (nSPS) is 16.8. The van der Waals surface area contributed by atoms with Crippen molar-refractivity contribution in [3.05, 3.63) is 80.6 Å². The van der Waals surface area contributed by atoms with Crippen LogP contribution in [0.1, 0.15) is 89.4 Å². The summed E-state index contributed by atoms with van der Waals surface area (Å²) < 4.78 is 12.0. The van der Waals surface area contributed by atoms with Crippen molar-refractivity contribution in [1.29, 1.82) is 0 Å². The van der Waals surface area contributed by atoms with Crippen molar-refractivity contribution in [2.75, 3.05) is 67.4 Å². The van der Waals surface area contributed by atoms with Crippen molar-refractivity contribution in [1.82, 2.24) is 30.8 Å². The fourth-order valence-corrected chi connectivity index (χ4v) is 9.34. The Morgan fingerprint density at radius 2 is 1.80 bits per heavy atom. The minimum absolute atomic E-state index is 0.0329. The van der Waals surface area contributed by atoms with E-state index in [0.29, 0.717) is 101 Å². The largest absolute Gasteiger partial charge is 0.495 e. The van der Waals surface area contributed by atoms with Gasteiger partial charge >= 0.3 is 0 Å². The van der Waals surface area contributed by atoms with Crippen LogP contribution in [0.15, 0.2) is 54.7 Å². The van der Waals surface area contributed by atoms with Crippen LogP contribution in [0.5, 0.6) is 5.75 Å². The fourth-order valence-electron chi connectivity index (χ4n) is 8.25. The molecule has 18 nitrogen and oxygen atoms in total. The second-order valence-electron chi connectivity index (χ2n) is 16.2. The van der Waals surface area contributed by atoms with Crippen molar-refractivity contribution < 1.29 is 38.2 Å². The number of carbonyl (C=O) groups is 6. The number of anilines is 5. The van der Waals surface area contributed by atoms with Crippen LogP contribution in [0.2, 0.25) is 4.34 Å². The third-order valence-electron chi connectivity index (χ3n) is 11.7. The molecule has 20 heteroatoms. The van der Waals surface area contributed by atoms with E-state index in [2.05, 4.69) is 31.6 Å². The lowest BCUT2D eigenvalue weighted by Gasteiger charge is -2.40. The molecular formula is C46H55ClN10O8S. The van der Waals surface area contributed by atoms with E-state index in [-0.39, 0.29) is 48.9 Å². The van der Waals surface area contributed by atoms with E-state index >= 15 is 0 Å². The van der Waals surface area contributed by atoms with Gasteiger partial charge in [0.05, 0.1) is 43.1 Å². The van der Waals surface area contributed by atoms with E-state index in [1.54, 1.807) is 54.5 Å². The predicted molar refractivity (Wildman–Crippen MR) is 252 cm³/mol. The smallest absolute Gasteiger partial charge is 0.255 e. The van der Waals surface area contributed by atoms with Gasteiger partial charge in [0.2, 0.25) is 29.6 Å². The summed E-state index contributed by atoms with van der Waals surface area (Å²) in [6.45, 7) is 5.27. The van der Waals surface area contributed by atoms with E-state index < -0.39 is 18.0 Å². The SMILES string of the molecule is CC[C@@H]1C(=O)N(C)c2cnc(Nc3ccc(C(=O)NCCOCCNCCCCCCC(=O)Nc4cccc5c4CN(C4CCC(=O)NC4=O)C5=O)cc3OC)nc2N1Cc1ccc(Cl)s1. The first-order valence-electron chi connectivity index (χ1n) is 22.2. The highest BCUT2D eigenvalue weighted by Gasteiger charge is 2.40. The second-order valence-corrected chi connectivity index (χ2v) is 18.0. The number of fused-ring (bicyclic) bond motifs is 2. The lowest BCUT2D eigenvalue weighted by molar-refractivity contribution is -0.137. The number of amides is 6. The zero-order chi connectivity index (χ0) is 46.7. The summed E-state index contributed by atoms with van der Waals surface area (Å²) in [6, 6.07) is 12.9. The quantitative estimate of drug-likeness (QED) is 0.0494. The lowest BCUT2D eigenvalue weighted by atomic mass is 10.0. The number of methoxy groups -OCH3 is 1. The van der Waals surface area contributed by atoms with Crippen LogP contribution in [-0.4, -0.2) is 109 Å². The Morgan fingerprint density at radius 3 is 2.58 bits per heavy atom. The van der Waals surface area contributed by atoms with Gasteiger partial charge in [-0.15, -0.1) is 11.3 Å². The summed E-state index contributed by atoms with van der Waals surface area (Å²) in [5.41, 5.74) is 3.28. The molecule has 1 fully saturated rings. The topological polar surface area (TPSA) is 217 Å². The number of hydrogen-bond acceptors (Lipinski definition) is 14. The molecule has 0 spiro atoms. The van der Waals surface area contributed by atoms with Crippen molar-refractivity contribution in [3.63, 3.8) is 0 Å². The van der Waals surface area contributed by atoms with Gasteiger partial charge in [0, 0.05) is 66.8 Å². The van der Waals surface area contributed by atoms with Crippen molar-refractivity contribution >= 4 is 87.2 Å². The number of ether oxygens (including phenoxy) is 2. The first-order chi connectivity index (χ1) is 31.9. The minimum Gasteiger partial charge on any atom is -0.495 e. The molecule has 66 heavy (non-hydrogen) atoms. The molecule has 4 aromatic rings. The molecule has 0 bridgehead atoms. The predicted octanol–water partition coefficient (Wildman–Crippen LogP) is 5.39. The summed E-state index contributed by atoms with van der Waals surface area (Å²) in [5, 5.41) is 14.7. The van der Waals surface area contributed by atoms with E-state index in [1.807, 2.05) is 24.0 Å². The summed E-state index contributed by atoms with van der Waals surface area (Å²) in [4.78, 5) is 91.5. The van der Waals surface area contributed by atoms with E-state index in [0.717, 1.165) is 37.1 Å². The Bertz CT molecular complexity index is 2450. The van der Waals surface area contributed by atoms with Crippen molar-refractivity contribution in [2.45, 2.75) is 83.5 Å². The number of rotatable bonds is 22. The van der Waals surface area contributed by atoms with Crippen LogP contribution < -0.4 is 41.1 Å². The van der Waals surface area contributed by atoms with Gasteiger partial charge in [-0.3, -0.25) is 34.1 Å². The number of nitrogens with zero attached hydrogens (tertiary/aromatic N) is 5. The molecule has 1 unspecified atom stereocenters. The standard InChI is InChI=1S/C46H55ClN10O8S/c1-4-34-45(63)55(2)36-25-50-46(54-41(36)56(34)26-29-14-17-38(47)66-29)52-33-15-13-28(24-37(33)64-3)42(60)49-21-23-65-22-20-48-19-8-6-5-7-12-39(58)51-32-11-9-10-30-31(32)27-57(44(30)62)35-16-18-40(59)53-43(35)61/h9-11,13-15,17,24-25,34-35,48H,4-8,12,16,18-23,26-27H2,1-3H3,(H,49,60)(H,51,58)(H,50,52,54)(H,53,59,61)/t34-,35?/m1/s1. The molecule has 2 aromatic heterocycles. The Hall–Kier alpha value is -6.15. The van der Waals surface area contributed by atoms with Gasteiger partial charge in [-0.05, 0) is 74.7 Å². The molecular weight excluding hydrogens is 888 g/mol. The van der Waals surface area contributed by atoms with Gasteiger partial charge in [-0.1, -0.05) is 37.4 Å². The monoisotopic (exact) mass is 942 g/mol. The summed E-state index contributed by atoms with van der Waals surface area (Å²) in [6.07, 6.45) is 6.55. The maximum absolute atomic E-state index is 13.3. The molecule has 5 heterocycles. The molecule has 0 radical (unpaired) electrons. The van der Waals surface area contributed by atoms with Crippen LogP contribution in [0.4, 0.5) is 28.8 Å². The first-order valence-corrected chi connectivity index (χ1v) is 23.4. The Morgan fingerprint density at radius 1 is 0.985 bits per heavy atom. The summed E-state index contributed by atoms with van der Waals surface area (Å²) in [5.74, 6) is -0.177. The Kier molecular flexibility index (Phi) is 16.2. The molecule has 0 saturated carbocycles. The molecule has 5 N–H and O–H groups in total. The molecule has 350 valence electrons. The highest BCUT2D eigenvalue weighted by atomic mass is 35.5. The Labute approximate surface area is 392 Å². The van der Waals surface area contributed by atoms with Crippen LogP contribution in [-0.2, 0) is 37.0 Å². The maximum atomic E-state index is 13.3. The summed E-state index contributed by atoms with van der Waals surface area (Å²) >= 11 is 7.68. The van der Waals surface area contributed by atoms with Gasteiger partial charge in [0.1, 0.15) is 23.5 Å². The average molecular weight is 944 g/mol. The zero-order valence-corrected chi connectivity index (χ0v) is 38.8. The van der Waals surface area contributed by atoms with Gasteiger partial charge in [-0.2, -0.15) is 4.98 Å². The van der Waals surface area contributed by atoms with Gasteiger partial charge in [-0.25, -0.2) is 4.98 Å². The molecule has 6 amide bonds. The van der Waals surface area contributed by atoms with Crippen molar-refractivity contribution in [2.24, 2.45) is 0 Å². The highest BCUT2D eigenvalue weighted by molar-refractivity contribution is 7.16. The number of nitrogens with one attached hydrogen (secondary N) is 5. The number of halogens is 1. The van der Waals surface area contributed by atoms with Gasteiger partial charge in [0.15, 0.2) is 5.82 Å². The maximum Gasteiger partial charge on any atom is 0.255 e. The number of carbonyl (C=O) groups excluding carboxylic acids is 6. The number of thiophene rings is 1. The number of hydrogen-bond donors (Lipinski definition) is 5. The number of likely N-dealkylation sites (N-methyl/N-ethyl adjacent to an activating group) is 1. The lowest BCUT2D eigenvalue weighted by Crippen LogP contribution is -2.52. The molecule has 0 aliphatic carbocycles. The summed E-state index contributed by atoms with van der Waals surface area (Å²) in [7, 11) is 3.25. The van der Waals surface area contributed by atoms with E-state index in [1.165, 1.54) is 23.3 Å². The van der Waals surface area contributed by atoms with Crippen molar-refractivity contribution in [3.8, 4) is 5.75 Å². The Balaban J connectivity index is 0.762. The molecule has 1 saturated heterocycles. The highest BCUT2D eigenvalue weighted by Crippen LogP contribution is 2.38. The number of aromatic nitrogens is 2.